The molecule has 9 aromatic rings. The van der Waals surface area contributed by atoms with Gasteiger partial charge < -0.3 is 0 Å². The van der Waals surface area contributed by atoms with Gasteiger partial charge >= 0.3 is 0 Å². The van der Waals surface area contributed by atoms with Gasteiger partial charge in [0.2, 0.25) is 0 Å². The quantitative estimate of drug-likeness (QED) is 0.159. The molecule has 1 aromatic heterocycles. The third kappa shape index (κ3) is 6.99. The zero-order chi connectivity index (χ0) is 36.1. The molecule has 0 aliphatic rings. The number of rotatable bonds is 8. The molecular weight excluding hydrogens is 655 g/mol. The second kappa shape index (κ2) is 14.8. The number of nitrogens with zero attached hydrogens (tertiary/aromatic N) is 3. The monoisotopic (exact) mass is 689 g/mol. The van der Waals surface area contributed by atoms with Crippen molar-refractivity contribution in [3.05, 3.63) is 212 Å². The molecule has 0 unspecified atom stereocenters. The van der Waals surface area contributed by atoms with Crippen molar-refractivity contribution in [1.82, 2.24) is 15.0 Å². The van der Waals surface area contributed by atoms with Gasteiger partial charge in [0.15, 0.2) is 17.5 Å². The number of aromatic nitrogens is 3. The standard InChI is InChI=1S/C51H35N3/c1-5-15-36(16-6-1)46-33-47(37-17-7-2-8-18-37)35-48(34-46)39-29-27-38(28-30-39)42-23-13-24-43(31-42)44-25-14-26-45(32-44)51-53-49(40-19-9-3-10-20-40)52-50(54-51)41-21-11-4-12-22-41/h1-35H. The fraction of sp³-hybridized carbons (Fsp3) is 0. The Labute approximate surface area is 316 Å². The van der Waals surface area contributed by atoms with Crippen molar-refractivity contribution in [1.29, 1.82) is 0 Å². The highest BCUT2D eigenvalue weighted by atomic mass is 15.0. The summed E-state index contributed by atoms with van der Waals surface area (Å²) >= 11 is 0. The normalized spacial score (nSPS) is 11.0. The summed E-state index contributed by atoms with van der Waals surface area (Å²) < 4.78 is 0. The molecule has 1 heterocycles. The van der Waals surface area contributed by atoms with E-state index in [4.69, 9.17) is 15.0 Å². The number of hydrogen-bond donors (Lipinski definition) is 0. The minimum absolute atomic E-state index is 0.642. The second-order valence-electron chi connectivity index (χ2n) is 13.3. The number of benzene rings is 8. The van der Waals surface area contributed by atoms with Crippen LogP contribution in [0.15, 0.2) is 212 Å². The Morgan fingerprint density at radius 3 is 0.815 bits per heavy atom. The van der Waals surface area contributed by atoms with Gasteiger partial charge in [-0.3, -0.25) is 0 Å². The van der Waals surface area contributed by atoms with E-state index in [1.165, 1.54) is 33.4 Å². The fourth-order valence-electron chi connectivity index (χ4n) is 6.90. The molecule has 0 bridgehead atoms. The third-order valence-corrected chi connectivity index (χ3v) is 9.71. The van der Waals surface area contributed by atoms with E-state index >= 15 is 0 Å². The summed E-state index contributed by atoms with van der Waals surface area (Å²) in [5, 5.41) is 0. The lowest BCUT2D eigenvalue weighted by molar-refractivity contribution is 1.07. The summed E-state index contributed by atoms with van der Waals surface area (Å²) in [6.07, 6.45) is 0. The average Bonchev–Trinajstić information content (AvgIpc) is 3.27. The SMILES string of the molecule is c1ccc(-c2cc(-c3ccccc3)cc(-c3ccc(-c4cccc(-c5cccc(-c6nc(-c7ccccc7)nc(-c7ccccc7)n6)c5)c4)cc3)c2)cc1. The van der Waals surface area contributed by atoms with Crippen LogP contribution in [0.5, 0.6) is 0 Å². The van der Waals surface area contributed by atoms with Gasteiger partial charge in [0, 0.05) is 16.7 Å². The molecular formula is C51H35N3. The Bertz CT molecular complexity index is 2560. The molecule has 0 aliphatic carbocycles. The molecule has 0 aliphatic heterocycles. The predicted molar refractivity (Wildman–Crippen MR) is 223 cm³/mol. The summed E-state index contributed by atoms with van der Waals surface area (Å²) in [5.41, 5.74) is 14.6. The van der Waals surface area contributed by atoms with Crippen molar-refractivity contribution in [2.45, 2.75) is 0 Å². The Hall–Kier alpha value is -7.23. The van der Waals surface area contributed by atoms with Gasteiger partial charge in [-0.15, -0.1) is 0 Å². The maximum atomic E-state index is 4.96. The van der Waals surface area contributed by atoms with Gasteiger partial charge in [0.1, 0.15) is 0 Å². The van der Waals surface area contributed by atoms with Crippen LogP contribution >= 0.6 is 0 Å². The lowest BCUT2D eigenvalue weighted by Gasteiger charge is -2.12. The first-order valence-corrected chi connectivity index (χ1v) is 18.2. The minimum atomic E-state index is 0.642. The molecule has 54 heavy (non-hydrogen) atoms. The molecule has 0 amide bonds. The molecule has 0 saturated heterocycles. The summed E-state index contributed by atoms with van der Waals surface area (Å²) in [5.74, 6) is 1.94. The smallest absolute Gasteiger partial charge is 0.164 e. The first-order valence-electron chi connectivity index (χ1n) is 18.2. The highest BCUT2D eigenvalue weighted by Crippen LogP contribution is 2.35. The molecule has 9 rings (SSSR count). The van der Waals surface area contributed by atoms with Crippen LogP contribution in [-0.4, -0.2) is 15.0 Å². The van der Waals surface area contributed by atoms with Crippen LogP contribution in [0.3, 0.4) is 0 Å². The van der Waals surface area contributed by atoms with Gasteiger partial charge in [0.25, 0.3) is 0 Å². The highest BCUT2D eigenvalue weighted by molar-refractivity contribution is 5.83. The van der Waals surface area contributed by atoms with Crippen LogP contribution in [0.4, 0.5) is 0 Å². The van der Waals surface area contributed by atoms with Crippen molar-refractivity contribution in [3.8, 4) is 89.8 Å². The lowest BCUT2D eigenvalue weighted by atomic mass is 9.92. The van der Waals surface area contributed by atoms with E-state index in [1.807, 2.05) is 60.7 Å². The van der Waals surface area contributed by atoms with Gasteiger partial charge in [-0.1, -0.05) is 182 Å². The van der Waals surface area contributed by atoms with E-state index in [0.717, 1.165) is 38.9 Å². The maximum Gasteiger partial charge on any atom is 0.164 e. The molecule has 8 aromatic carbocycles. The van der Waals surface area contributed by atoms with Crippen molar-refractivity contribution in [3.63, 3.8) is 0 Å². The molecule has 0 spiro atoms. The minimum Gasteiger partial charge on any atom is -0.208 e. The molecule has 0 atom stereocenters. The third-order valence-electron chi connectivity index (χ3n) is 9.71. The summed E-state index contributed by atoms with van der Waals surface area (Å²) in [6, 6.07) is 74.4. The van der Waals surface area contributed by atoms with E-state index in [9.17, 15) is 0 Å². The van der Waals surface area contributed by atoms with Gasteiger partial charge in [0.05, 0.1) is 0 Å². The summed E-state index contributed by atoms with van der Waals surface area (Å²) in [7, 11) is 0. The summed E-state index contributed by atoms with van der Waals surface area (Å²) in [6.45, 7) is 0. The maximum absolute atomic E-state index is 4.96. The van der Waals surface area contributed by atoms with Crippen LogP contribution in [0.1, 0.15) is 0 Å². The average molecular weight is 690 g/mol. The molecule has 254 valence electrons. The summed E-state index contributed by atoms with van der Waals surface area (Å²) in [4.78, 5) is 14.8. The molecule has 3 heteroatoms. The van der Waals surface area contributed by atoms with Crippen molar-refractivity contribution >= 4 is 0 Å². The van der Waals surface area contributed by atoms with Crippen molar-refractivity contribution < 1.29 is 0 Å². The molecule has 0 saturated carbocycles. The zero-order valence-electron chi connectivity index (χ0n) is 29.5. The van der Waals surface area contributed by atoms with E-state index in [0.29, 0.717) is 17.5 Å². The van der Waals surface area contributed by atoms with Crippen molar-refractivity contribution in [2.75, 3.05) is 0 Å². The first-order chi connectivity index (χ1) is 26.7. The van der Waals surface area contributed by atoms with E-state index < -0.39 is 0 Å². The topological polar surface area (TPSA) is 38.7 Å². The van der Waals surface area contributed by atoms with Crippen LogP contribution in [0, 0.1) is 0 Å². The Kier molecular flexibility index (Phi) is 8.94. The van der Waals surface area contributed by atoms with E-state index in [2.05, 4.69) is 152 Å². The lowest BCUT2D eigenvalue weighted by Crippen LogP contribution is -2.00. The molecule has 0 radical (unpaired) electrons. The predicted octanol–water partition coefficient (Wildman–Crippen LogP) is 13.2. The molecule has 0 fully saturated rings. The number of hydrogen-bond acceptors (Lipinski definition) is 3. The van der Waals surface area contributed by atoms with Crippen molar-refractivity contribution in [2.24, 2.45) is 0 Å². The van der Waals surface area contributed by atoms with Crippen LogP contribution in [0.2, 0.25) is 0 Å². The highest BCUT2D eigenvalue weighted by Gasteiger charge is 2.14. The second-order valence-corrected chi connectivity index (χ2v) is 13.3. The van der Waals surface area contributed by atoms with Crippen LogP contribution in [0.25, 0.3) is 89.8 Å². The van der Waals surface area contributed by atoms with Crippen LogP contribution in [-0.2, 0) is 0 Å². The van der Waals surface area contributed by atoms with Crippen LogP contribution < -0.4 is 0 Å². The van der Waals surface area contributed by atoms with E-state index in [-0.39, 0.29) is 0 Å². The largest absolute Gasteiger partial charge is 0.208 e. The molecule has 0 N–H and O–H groups in total. The Balaban J connectivity index is 1.04. The van der Waals surface area contributed by atoms with Gasteiger partial charge in [-0.25, -0.2) is 15.0 Å². The van der Waals surface area contributed by atoms with E-state index in [1.54, 1.807) is 0 Å². The molecule has 3 nitrogen and oxygen atoms in total. The first kappa shape index (κ1) is 32.7. The Morgan fingerprint density at radius 2 is 0.407 bits per heavy atom. The fourth-order valence-corrected chi connectivity index (χ4v) is 6.90. The Morgan fingerprint density at radius 1 is 0.167 bits per heavy atom. The zero-order valence-corrected chi connectivity index (χ0v) is 29.5. The van der Waals surface area contributed by atoms with Gasteiger partial charge in [-0.2, -0.15) is 0 Å². The van der Waals surface area contributed by atoms with Gasteiger partial charge in [-0.05, 0) is 86.0 Å².